The minimum atomic E-state index is -3.65. The van der Waals surface area contributed by atoms with E-state index in [4.69, 9.17) is 11.6 Å². The Labute approximate surface area is 158 Å². The van der Waals surface area contributed by atoms with Crippen molar-refractivity contribution in [3.8, 4) is 0 Å². The SMILES string of the molecule is Cc1ccc(S(=O)(=O)NCCc2nccn2Cc2ccccc2)c(Cl)c1. The number of imidazole rings is 1. The molecule has 2 aromatic carbocycles. The Hall–Kier alpha value is -2.15. The summed E-state index contributed by atoms with van der Waals surface area (Å²) in [5.41, 5.74) is 2.08. The molecular weight excluding hydrogens is 370 g/mol. The maximum absolute atomic E-state index is 12.4. The van der Waals surface area contributed by atoms with Gasteiger partial charge in [-0.3, -0.25) is 0 Å². The molecule has 26 heavy (non-hydrogen) atoms. The van der Waals surface area contributed by atoms with Gasteiger partial charge in [0.1, 0.15) is 10.7 Å². The number of aryl methyl sites for hydroxylation is 1. The van der Waals surface area contributed by atoms with E-state index in [-0.39, 0.29) is 16.5 Å². The van der Waals surface area contributed by atoms with Gasteiger partial charge >= 0.3 is 0 Å². The Kier molecular flexibility index (Phi) is 5.76. The average molecular weight is 390 g/mol. The molecular formula is C19H20ClN3O2S. The molecule has 0 aliphatic carbocycles. The summed E-state index contributed by atoms with van der Waals surface area (Å²) in [7, 11) is -3.65. The molecule has 1 heterocycles. The highest BCUT2D eigenvalue weighted by atomic mass is 35.5. The maximum atomic E-state index is 12.4. The van der Waals surface area contributed by atoms with Crippen LogP contribution in [0.2, 0.25) is 5.02 Å². The fourth-order valence-corrected chi connectivity index (χ4v) is 4.32. The third-order valence-electron chi connectivity index (χ3n) is 4.02. The zero-order valence-electron chi connectivity index (χ0n) is 14.4. The lowest BCUT2D eigenvalue weighted by Gasteiger charge is -2.10. The highest BCUT2D eigenvalue weighted by Crippen LogP contribution is 2.22. The van der Waals surface area contributed by atoms with Gasteiger partial charge in [0.05, 0.1) is 5.02 Å². The number of aromatic nitrogens is 2. The van der Waals surface area contributed by atoms with Crippen molar-refractivity contribution in [1.29, 1.82) is 0 Å². The summed E-state index contributed by atoms with van der Waals surface area (Å²) in [6.45, 7) is 2.81. The molecule has 3 aromatic rings. The summed E-state index contributed by atoms with van der Waals surface area (Å²) >= 11 is 6.07. The monoisotopic (exact) mass is 389 g/mol. The van der Waals surface area contributed by atoms with Crippen LogP contribution in [0.15, 0.2) is 65.8 Å². The highest BCUT2D eigenvalue weighted by molar-refractivity contribution is 7.89. The van der Waals surface area contributed by atoms with Crippen molar-refractivity contribution in [1.82, 2.24) is 14.3 Å². The van der Waals surface area contributed by atoms with Crippen LogP contribution in [0.3, 0.4) is 0 Å². The van der Waals surface area contributed by atoms with Crippen molar-refractivity contribution in [2.45, 2.75) is 24.8 Å². The molecule has 5 nitrogen and oxygen atoms in total. The minimum absolute atomic E-state index is 0.0948. The van der Waals surface area contributed by atoms with E-state index >= 15 is 0 Å². The van der Waals surface area contributed by atoms with Gasteiger partial charge in [0, 0.05) is 31.9 Å². The lowest BCUT2D eigenvalue weighted by atomic mass is 10.2. The van der Waals surface area contributed by atoms with Gasteiger partial charge in [-0.1, -0.05) is 48.0 Å². The molecule has 0 spiro atoms. The van der Waals surface area contributed by atoms with E-state index in [2.05, 4.69) is 9.71 Å². The van der Waals surface area contributed by atoms with Gasteiger partial charge in [0.15, 0.2) is 0 Å². The summed E-state index contributed by atoms with van der Waals surface area (Å²) < 4.78 is 29.5. The molecule has 1 N–H and O–H groups in total. The maximum Gasteiger partial charge on any atom is 0.242 e. The molecule has 0 saturated carbocycles. The number of benzene rings is 2. The van der Waals surface area contributed by atoms with Gasteiger partial charge in [0.2, 0.25) is 10.0 Å². The van der Waals surface area contributed by atoms with Gasteiger partial charge in [-0.25, -0.2) is 18.1 Å². The van der Waals surface area contributed by atoms with Crippen LogP contribution < -0.4 is 4.72 Å². The molecule has 0 aliphatic heterocycles. The number of rotatable bonds is 7. The first-order valence-corrected chi connectivity index (χ1v) is 10.1. The Morgan fingerprint density at radius 2 is 1.92 bits per heavy atom. The first kappa shape index (κ1) is 18.6. The first-order valence-electron chi connectivity index (χ1n) is 8.25. The third kappa shape index (κ3) is 4.52. The Balaban J connectivity index is 1.64. The van der Waals surface area contributed by atoms with Gasteiger partial charge in [0.25, 0.3) is 0 Å². The fourth-order valence-electron chi connectivity index (χ4n) is 2.69. The number of nitrogens with one attached hydrogen (secondary N) is 1. The lowest BCUT2D eigenvalue weighted by molar-refractivity contribution is 0.579. The van der Waals surface area contributed by atoms with Gasteiger partial charge < -0.3 is 4.57 Å². The third-order valence-corrected chi connectivity index (χ3v) is 5.96. The van der Waals surface area contributed by atoms with E-state index < -0.39 is 10.0 Å². The molecule has 3 rings (SSSR count). The number of nitrogens with zero attached hydrogens (tertiary/aromatic N) is 2. The predicted molar refractivity (Wildman–Crippen MR) is 103 cm³/mol. The van der Waals surface area contributed by atoms with Crippen LogP contribution in [0.5, 0.6) is 0 Å². The molecule has 7 heteroatoms. The summed E-state index contributed by atoms with van der Waals surface area (Å²) in [5, 5.41) is 0.225. The lowest BCUT2D eigenvalue weighted by Crippen LogP contribution is -2.27. The second-order valence-corrected chi connectivity index (χ2v) is 8.18. The fraction of sp³-hybridized carbons (Fsp3) is 0.211. The topological polar surface area (TPSA) is 64.0 Å². The second kappa shape index (κ2) is 8.03. The standard InChI is InChI=1S/C19H20ClN3O2S/c1-15-7-8-18(17(20)13-15)26(24,25)22-10-9-19-21-11-12-23(19)14-16-5-3-2-4-6-16/h2-8,11-13,22H,9-10,14H2,1H3. The summed E-state index contributed by atoms with van der Waals surface area (Å²) in [6, 6.07) is 14.9. The van der Waals surface area contributed by atoms with Crippen LogP contribution in [-0.2, 0) is 23.0 Å². The Morgan fingerprint density at radius 1 is 1.15 bits per heavy atom. The molecule has 136 valence electrons. The number of hydrogen-bond acceptors (Lipinski definition) is 3. The quantitative estimate of drug-likeness (QED) is 0.673. The van der Waals surface area contributed by atoms with E-state index in [9.17, 15) is 8.42 Å². The van der Waals surface area contributed by atoms with E-state index in [0.717, 1.165) is 11.4 Å². The molecule has 0 bridgehead atoms. The Morgan fingerprint density at radius 3 is 2.65 bits per heavy atom. The van der Waals surface area contributed by atoms with Crippen molar-refractivity contribution >= 4 is 21.6 Å². The summed E-state index contributed by atoms with van der Waals surface area (Å²) in [4.78, 5) is 4.43. The smallest absolute Gasteiger partial charge is 0.242 e. The van der Waals surface area contributed by atoms with Crippen molar-refractivity contribution in [2.24, 2.45) is 0 Å². The number of halogens is 1. The molecule has 0 atom stereocenters. The second-order valence-electron chi connectivity index (χ2n) is 6.04. The van der Waals surface area contributed by atoms with E-state index in [0.29, 0.717) is 13.0 Å². The molecule has 1 aromatic heterocycles. The highest BCUT2D eigenvalue weighted by Gasteiger charge is 2.17. The van der Waals surface area contributed by atoms with Crippen molar-refractivity contribution in [2.75, 3.05) is 6.54 Å². The normalized spacial score (nSPS) is 11.6. The van der Waals surface area contributed by atoms with Crippen molar-refractivity contribution < 1.29 is 8.42 Å². The van der Waals surface area contributed by atoms with Gasteiger partial charge in [-0.15, -0.1) is 0 Å². The first-order chi connectivity index (χ1) is 12.5. The van der Waals surface area contributed by atoms with Crippen LogP contribution in [0, 0.1) is 6.92 Å². The van der Waals surface area contributed by atoms with Crippen molar-refractivity contribution in [3.63, 3.8) is 0 Å². The van der Waals surface area contributed by atoms with E-state index in [1.807, 2.05) is 48.0 Å². The van der Waals surface area contributed by atoms with Crippen LogP contribution >= 0.6 is 11.6 Å². The average Bonchev–Trinajstić information content (AvgIpc) is 3.02. The molecule has 0 fully saturated rings. The van der Waals surface area contributed by atoms with E-state index in [1.54, 1.807) is 18.3 Å². The van der Waals surface area contributed by atoms with Crippen LogP contribution in [0.4, 0.5) is 0 Å². The zero-order chi connectivity index (χ0) is 18.6. The summed E-state index contributed by atoms with van der Waals surface area (Å²) in [6.07, 6.45) is 4.11. The molecule has 0 amide bonds. The largest absolute Gasteiger partial charge is 0.330 e. The van der Waals surface area contributed by atoms with Crippen molar-refractivity contribution in [3.05, 3.63) is 82.9 Å². The number of hydrogen-bond donors (Lipinski definition) is 1. The zero-order valence-corrected chi connectivity index (χ0v) is 16.0. The molecule has 0 saturated heterocycles. The van der Waals surface area contributed by atoms with Gasteiger partial charge in [-0.05, 0) is 30.2 Å². The molecule has 0 unspecified atom stereocenters. The van der Waals surface area contributed by atoms with Gasteiger partial charge in [-0.2, -0.15) is 0 Å². The number of sulfonamides is 1. The predicted octanol–water partition coefficient (Wildman–Crippen LogP) is 3.41. The minimum Gasteiger partial charge on any atom is -0.330 e. The van der Waals surface area contributed by atoms with Crippen LogP contribution in [0.25, 0.3) is 0 Å². The summed E-state index contributed by atoms with van der Waals surface area (Å²) in [5.74, 6) is 0.826. The van der Waals surface area contributed by atoms with E-state index in [1.165, 1.54) is 11.6 Å². The van der Waals surface area contributed by atoms with Crippen LogP contribution in [0.1, 0.15) is 17.0 Å². The molecule has 0 radical (unpaired) electrons. The van der Waals surface area contributed by atoms with Crippen LogP contribution in [-0.4, -0.2) is 24.5 Å². The Bertz CT molecular complexity index is 985. The molecule has 0 aliphatic rings.